The second kappa shape index (κ2) is 9.26. The minimum atomic E-state index is -4.09. The summed E-state index contributed by atoms with van der Waals surface area (Å²) in [4.78, 5) is 52.1. The van der Waals surface area contributed by atoms with Crippen LogP contribution in [-0.2, 0) is 19.6 Å². The molecular weight excluding hydrogens is 464 g/mol. The first kappa shape index (κ1) is 24.9. The number of anilines is 1. The van der Waals surface area contributed by atoms with E-state index < -0.39 is 33.8 Å². The second-order valence-corrected chi connectivity index (χ2v) is 9.59. The number of hydrogen-bond acceptors (Lipinski definition) is 8. The van der Waals surface area contributed by atoms with Gasteiger partial charge in [-0.25, -0.2) is 12.7 Å². The maximum absolute atomic E-state index is 13.6. The van der Waals surface area contributed by atoms with Crippen molar-refractivity contribution in [3.63, 3.8) is 0 Å². The van der Waals surface area contributed by atoms with Gasteiger partial charge >= 0.3 is 0 Å². The first-order chi connectivity index (χ1) is 15.9. The van der Waals surface area contributed by atoms with Gasteiger partial charge in [-0.1, -0.05) is 12.1 Å². The zero-order valence-corrected chi connectivity index (χ0v) is 20.1. The molecule has 0 spiro atoms. The van der Waals surface area contributed by atoms with Crippen LogP contribution in [0.2, 0.25) is 0 Å². The van der Waals surface area contributed by atoms with E-state index >= 15 is 0 Å². The highest BCUT2D eigenvalue weighted by molar-refractivity contribution is 7.92. The molecule has 2 aromatic carbocycles. The van der Waals surface area contributed by atoms with Gasteiger partial charge in [0.15, 0.2) is 11.5 Å². The van der Waals surface area contributed by atoms with Crippen molar-refractivity contribution >= 4 is 39.2 Å². The molecule has 0 bridgehead atoms. The largest absolute Gasteiger partial charge is 0.493 e. The van der Waals surface area contributed by atoms with Crippen LogP contribution < -0.4 is 13.8 Å². The van der Waals surface area contributed by atoms with Crippen molar-refractivity contribution in [2.45, 2.75) is 26.3 Å². The molecule has 1 heterocycles. The van der Waals surface area contributed by atoms with Crippen LogP contribution in [0.25, 0.3) is 0 Å². The number of methoxy groups -OCH3 is 2. The number of hydrogen-bond donors (Lipinski definition) is 0. The predicted molar refractivity (Wildman–Crippen MR) is 123 cm³/mol. The molecule has 1 atom stereocenters. The van der Waals surface area contributed by atoms with E-state index in [1.807, 2.05) is 0 Å². The topological polar surface area (TPSA) is 127 Å². The number of imide groups is 1. The molecule has 0 fully saturated rings. The average Bonchev–Trinajstić information content (AvgIpc) is 3.01. The van der Waals surface area contributed by atoms with Crippen LogP contribution >= 0.6 is 0 Å². The van der Waals surface area contributed by atoms with Gasteiger partial charge < -0.3 is 9.47 Å². The molecule has 0 aliphatic carbocycles. The Morgan fingerprint density at radius 2 is 1.65 bits per heavy atom. The van der Waals surface area contributed by atoms with E-state index in [4.69, 9.17) is 9.47 Å². The molecule has 0 radical (unpaired) electrons. The molecule has 3 amide bonds. The summed E-state index contributed by atoms with van der Waals surface area (Å²) >= 11 is 0. The minimum Gasteiger partial charge on any atom is -0.493 e. The van der Waals surface area contributed by atoms with E-state index in [1.54, 1.807) is 18.2 Å². The Balaban J connectivity index is 2.19. The lowest BCUT2D eigenvalue weighted by atomic mass is 9.99. The van der Waals surface area contributed by atoms with Crippen LogP contribution in [-0.4, -0.2) is 57.3 Å². The summed E-state index contributed by atoms with van der Waals surface area (Å²) in [5, 5.41) is 0. The Morgan fingerprint density at radius 1 is 1.00 bits per heavy atom. The van der Waals surface area contributed by atoms with Crippen molar-refractivity contribution in [2.75, 3.05) is 24.8 Å². The van der Waals surface area contributed by atoms with Crippen LogP contribution in [0.5, 0.6) is 11.5 Å². The molecule has 180 valence electrons. The number of carbonyl (C=O) groups is 4. The van der Waals surface area contributed by atoms with Gasteiger partial charge in [0, 0.05) is 13.3 Å². The maximum atomic E-state index is 13.6. The first-order valence-electron chi connectivity index (χ1n) is 10.2. The summed E-state index contributed by atoms with van der Waals surface area (Å²) in [6.45, 7) is 2.38. The number of carbonyl (C=O) groups excluding carboxylic acids is 4. The molecule has 11 heteroatoms. The fourth-order valence-electron chi connectivity index (χ4n) is 4.01. The van der Waals surface area contributed by atoms with Crippen molar-refractivity contribution in [2.24, 2.45) is 0 Å². The van der Waals surface area contributed by atoms with Gasteiger partial charge in [0.1, 0.15) is 5.78 Å². The van der Waals surface area contributed by atoms with Gasteiger partial charge in [0.25, 0.3) is 11.8 Å². The summed E-state index contributed by atoms with van der Waals surface area (Å²) in [6, 6.07) is 7.81. The fourth-order valence-corrected chi connectivity index (χ4v) is 4.99. The number of ether oxygens (including phenoxy) is 2. The fraction of sp³-hybridized carbons (Fsp3) is 0.304. The highest BCUT2D eigenvalue weighted by atomic mass is 32.2. The van der Waals surface area contributed by atoms with E-state index in [2.05, 4.69) is 0 Å². The highest BCUT2D eigenvalue weighted by Crippen LogP contribution is 2.40. The van der Waals surface area contributed by atoms with E-state index in [1.165, 1.54) is 39.3 Å². The van der Waals surface area contributed by atoms with Gasteiger partial charge in [-0.3, -0.25) is 24.1 Å². The van der Waals surface area contributed by atoms with Crippen LogP contribution in [0.3, 0.4) is 0 Å². The third kappa shape index (κ3) is 4.38. The zero-order valence-electron chi connectivity index (χ0n) is 19.3. The van der Waals surface area contributed by atoms with Crippen LogP contribution in [0, 0.1) is 0 Å². The lowest BCUT2D eigenvalue weighted by molar-refractivity contribution is -0.118. The van der Waals surface area contributed by atoms with Crippen molar-refractivity contribution in [3.8, 4) is 11.5 Å². The third-order valence-corrected chi connectivity index (χ3v) is 6.46. The normalized spacial score (nSPS) is 14.0. The summed E-state index contributed by atoms with van der Waals surface area (Å²) in [5.74, 6) is -1.88. The Bertz CT molecular complexity index is 1300. The maximum Gasteiger partial charge on any atom is 0.264 e. The third-order valence-electron chi connectivity index (χ3n) is 5.35. The number of fused-ring (bicyclic) bond motifs is 1. The smallest absolute Gasteiger partial charge is 0.264 e. The summed E-state index contributed by atoms with van der Waals surface area (Å²) in [7, 11) is -1.20. The second-order valence-electron chi connectivity index (χ2n) is 7.76. The van der Waals surface area contributed by atoms with Crippen LogP contribution in [0.1, 0.15) is 52.6 Å². The summed E-state index contributed by atoms with van der Waals surface area (Å²) < 4.78 is 35.6. The predicted octanol–water partition coefficient (Wildman–Crippen LogP) is 2.33. The first-order valence-corrected chi connectivity index (χ1v) is 12.0. The van der Waals surface area contributed by atoms with E-state index in [0.717, 1.165) is 18.1 Å². The lowest BCUT2D eigenvalue weighted by Crippen LogP contribution is -2.37. The van der Waals surface area contributed by atoms with Crippen LogP contribution in [0.15, 0.2) is 36.4 Å². The van der Waals surface area contributed by atoms with Crippen molar-refractivity contribution in [3.05, 3.63) is 53.1 Å². The molecule has 10 nitrogen and oxygen atoms in total. The summed E-state index contributed by atoms with van der Waals surface area (Å²) in [5.41, 5.74) is -0.0636. The Labute approximate surface area is 197 Å². The molecule has 3 rings (SSSR count). The number of amides is 3. The number of rotatable bonds is 8. The average molecular weight is 489 g/mol. The quantitative estimate of drug-likeness (QED) is 0.518. The highest BCUT2D eigenvalue weighted by Gasteiger charge is 2.44. The molecule has 1 unspecified atom stereocenters. The summed E-state index contributed by atoms with van der Waals surface area (Å²) in [6.07, 6.45) is 0.647. The molecule has 0 saturated heterocycles. The van der Waals surface area contributed by atoms with Gasteiger partial charge in [0.05, 0.1) is 43.3 Å². The van der Waals surface area contributed by atoms with Crippen molar-refractivity contribution in [1.29, 1.82) is 0 Å². The molecule has 1 aliphatic rings. The van der Waals surface area contributed by atoms with E-state index in [9.17, 15) is 27.6 Å². The Morgan fingerprint density at radius 3 is 2.18 bits per heavy atom. The van der Waals surface area contributed by atoms with Crippen LogP contribution in [0.4, 0.5) is 5.69 Å². The molecule has 0 N–H and O–H groups in total. The number of sulfonamides is 1. The SMILES string of the molecule is COc1ccc(C(CC(C)=O)N2C(=O)c3cccc(N(C(C)=O)S(C)(=O)=O)c3C2=O)cc1OC. The van der Waals surface area contributed by atoms with Gasteiger partial charge in [-0.2, -0.15) is 0 Å². The number of nitrogens with zero attached hydrogens (tertiary/aromatic N) is 2. The van der Waals surface area contributed by atoms with Gasteiger partial charge in [-0.05, 0) is 36.8 Å². The monoisotopic (exact) mass is 488 g/mol. The van der Waals surface area contributed by atoms with Crippen molar-refractivity contribution < 1.29 is 37.1 Å². The molecule has 1 aliphatic heterocycles. The van der Waals surface area contributed by atoms with E-state index in [0.29, 0.717) is 21.4 Å². The van der Waals surface area contributed by atoms with Crippen molar-refractivity contribution in [1.82, 2.24) is 4.90 Å². The molecule has 34 heavy (non-hydrogen) atoms. The Hall–Kier alpha value is -3.73. The zero-order chi connectivity index (χ0) is 25.4. The standard InChI is InChI=1S/C23H24N2O8S/c1-13(26)11-18(15-9-10-19(32-3)20(12-15)33-4)24-22(28)16-7-6-8-17(21(16)23(24)29)25(14(2)27)34(5,30)31/h6-10,12,18H,11H2,1-5H3. The number of Topliss-reactive ketones (excluding diaryl/α,β-unsaturated/α-hetero) is 1. The number of ketones is 1. The molecule has 0 saturated carbocycles. The molecule has 0 aromatic heterocycles. The van der Waals surface area contributed by atoms with Gasteiger partial charge in [0.2, 0.25) is 15.9 Å². The lowest BCUT2D eigenvalue weighted by Gasteiger charge is -2.27. The Kier molecular flexibility index (Phi) is 6.78. The minimum absolute atomic E-state index is 0.0635. The number of benzene rings is 2. The molecular formula is C23H24N2O8S. The van der Waals surface area contributed by atoms with E-state index in [-0.39, 0.29) is 29.0 Å². The van der Waals surface area contributed by atoms with Gasteiger partial charge in [-0.15, -0.1) is 0 Å². The molecule has 2 aromatic rings.